The Morgan fingerprint density at radius 1 is 1.12 bits per heavy atom. The molecule has 176 valence electrons. The lowest BCUT2D eigenvalue weighted by Crippen LogP contribution is -2.61. The maximum Gasteiger partial charge on any atom is 0.251 e. The predicted molar refractivity (Wildman–Crippen MR) is 130 cm³/mol. The first-order valence-corrected chi connectivity index (χ1v) is 12.4. The van der Waals surface area contributed by atoms with Crippen molar-refractivity contribution in [3.05, 3.63) is 65.7 Å². The van der Waals surface area contributed by atoms with E-state index in [0.717, 1.165) is 44.0 Å². The third-order valence-electron chi connectivity index (χ3n) is 8.15. The minimum Gasteiger partial charge on any atom is -0.497 e. The van der Waals surface area contributed by atoms with Gasteiger partial charge in [-0.25, -0.2) is 0 Å². The second-order valence-corrected chi connectivity index (χ2v) is 10.2. The molecule has 5 heteroatoms. The van der Waals surface area contributed by atoms with Crippen molar-refractivity contribution in [1.29, 1.82) is 0 Å². The maximum atomic E-state index is 13.0. The summed E-state index contributed by atoms with van der Waals surface area (Å²) in [5, 5.41) is 3.35. The zero-order valence-corrected chi connectivity index (χ0v) is 19.8. The number of amides is 1. The van der Waals surface area contributed by atoms with Crippen molar-refractivity contribution in [3.63, 3.8) is 0 Å². The molecular weight excluding hydrogens is 412 g/mol. The quantitative estimate of drug-likeness (QED) is 0.687. The van der Waals surface area contributed by atoms with Crippen molar-refractivity contribution in [2.24, 2.45) is 11.8 Å². The summed E-state index contributed by atoms with van der Waals surface area (Å²) in [6.07, 6.45) is 5.72. The molecule has 3 fully saturated rings. The summed E-state index contributed by atoms with van der Waals surface area (Å²) in [7, 11) is 3.57. The fraction of sp³-hybridized carbons (Fsp3) is 0.536. The summed E-state index contributed by atoms with van der Waals surface area (Å²) in [4.78, 5) is 15.7. The van der Waals surface area contributed by atoms with Gasteiger partial charge in [-0.15, -0.1) is 0 Å². The van der Waals surface area contributed by atoms with Gasteiger partial charge in [0.25, 0.3) is 5.91 Å². The van der Waals surface area contributed by atoms with E-state index < -0.39 is 0 Å². The summed E-state index contributed by atoms with van der Waals surface area (Å²) < 4.78 is 11.7. The van der Waals surface area contributed by atoms with Gasteiger partial charge in [0.2, 0.25) is 0 Å². The van der Waals surface area contributed by atoms with Gasteiger partial charge >= 0.3 is 0 Å². The van der Waals surface area contributed by atoms with Crippen LogP contribution >= 0.6 is 0 Å². The van der Waals surface area contributed by atoms with Gasteiger partial charge in [-0.3, -0.25) is 4.79 Å². The van der Waals surface area contributed by atoms with Crippen molar-refractivity contribution < 1.29 is 14.3 Å². The van der Waals surface area contributed by atoms with Gasteiger partial charge in [-0.05, 0) is 74.4 Å². The Labute approximate surface area is 197 Å². The maximum absolute atomic E-state index is 13.0. The SMILES string of the molecule is COc1cccc(C23CCN(CC4CC4)CC2C(OC)CC(NC(=O)c2ccccc2)C3)c1. The summed E-state index contributed by atoms with van der Waals surface area (Å²) in [5.74, 6) is 2.18. The van der Waals surface area contributed by atoms with Gasteiger partial charge < -0.3 is 19.7 Å². The van der Waals surface area contributed by atoms with Crippen LogP contribution in [0.5, 0.6) is 5.75 Å². The number of piperidine rings is 1. The van der Waals surface area contributed by atoms with Crippen LogP contribution in [0.2, 0.25) is 0 Å². The molecule has 0 radical (unpaired) electrons. The van der Waals surface area contributed by atoms with E-state index in [1.807, 2.05) is 43.5 Å². The monoisotopic (exact) mass is 448 g/mol. The average molecular weight is 449 g/mol. The Bertz CT molecular complexity index is 961. The standard InChI is InChI=1S/C28H36N2O3/c1-32-24-10-6-9-22(15-24)28-13-14-30(18-20-11-12-20)19-25(28)26(33-2)16-23(17-28)29-27(31)21-7-4-3-5-8-21/h3-10,15,20,23,25-26H,11-14,16-19H2,1-2H3,(H,29,31). The molecule has 0 bridgehead atoms. The van der Waals surface area contributed by atoms with Crippen LogP contribution < -0.4 is 10.1 Å². The van der Waals surface area contributed by atoms with E-state index in [2.05, 4.69) is 28.4 Å². The number of fused-ring (bicyclic) bond motifs is 1. The highest BCUT2D eigenvalue weighted by Gasteiger charge is 2.53. The van der Waals surface area contributed by atoms with Gasteiger partial charge in [-0.2, -0.15) is 0 Å². The first kappa shape index (κ1) is 22.4. The third kappa shape index (κ3) is 4.67. The number of carbonyl (C=O) groups is 1. The Balaban J connectivity index is 1.45. The fourth-order valence-corrected chi connectivity index (χ4v) is 6.25. The topological polar surface area (TPSA) is 50.8 Å². The minimum absolute atomic E-state index is 0.000801. The van der Waals surface area contributed by atoms with Crippen LogP contribution in [-0.4, -0.2) is 56.8 Å². The van der Waals surface area contributed by atoms with Crippen molar-refractivity contribution in [2.45, 2.75) is 49.7 Å². The number of nitrogens with one attached hydrogen (secondary N) is 1. The first-order chi connectivity index (χ1) is 16.1. The Hall–Kier alpha value is -2.37. The van der Waals surface area contributed by atoms with Crippen LogP contribution in [0.25, 0.3) is 0 Å². The molecule has 1 aliphatic heterocycles. The number of hydrogen-bond donors (Lipinski definition) is 1. The van der Waals surface area contributed by atoms with Crippen LogP contribution in [0.3, 0.4) is 0 Å². The van der Waals surface area contributed by atoms with Crippen LogP contribution in [0, 0.1) is 11.8 Å². The number of likely N-dealkylation sites (tertiary alicyclic amines) is 1. The number of methoxy groups -OCH3 is 2. The van der Waals surface area contributed by atoms with E-state index in [4.69, 9.17) is 9.47 Å². The molecule has 2 saturated carbocycles. The molecule has 1 heterocycles. The van der Waals surface area contributed by atoms with Crippen LogP contribution in [-0.2, 0) is 10.2 Å². The van der Waals surface area contributed by atoms with E-state index in [0.29, 0.717) is 11.5 Å². The minimum atomic E-state index is -0.0395. The molecule has 2 aliphatic carbocycles. The van der Waals surface area contributed by atoms with Crippen LogP contribution in [0.1, 0.15) is 48.0 Å². The molecule has 4 atom stereocenters. The molecule has 5 nitrogen and oxygen atoms in total. The zero-order chi connectivity index (χ0) is 22.8. The number of benzene rings is 2. The zero-order valence-electron chi connectivity index (χ0n) is 19.8. The number of ether oxygens (including phenoxy) is 2. The summed E-state index contributed by atoms with van der Waals surface area (Å²) in [6.45, 7) is 3.38. The molecule has 3 aliphatic rings. The second kappa shape index (κ2) is 9.47. The smallest absolute Gasteiger partial charge is 0.251 e. The van der Waals surface area contributed by atoms with Crippen LogP contribution in [0.4, 0.5) is 0 Å². The normalized spacial score (nSPS) is 29.8. The first-order valence-electron chi connectivity index (χ1n) is 12.4. The van der Waals surface area contributed by atoms with Crippen molar-refractivity contribution >= 4 is 5.91 Å². The third-order valence-corrected chi connectivity index (χ3v) is 8.15. The second-order valence-electron chi connectivity index (χ2n) is 10.2. The van der Waals surface area contributed by atoms with E-state index >= 15 is 0 Å². The van der Waals surface area contributed by atoms with Crippen molar-refractivity contribution in [2.75, 3.05) is 33.9 Å². The van der Waals surface area contributed by atoms with Gasteiger partial charge in [0.15, 0.2) is 0 Å². The number of carbonyl (C=O) groups excluding carboxylic acids is 1. The largest absolute Gasteiger partial charge is 0.497 e. The summed E-state index contributed by atoms with van der Waals surface area (Å²) in [6, 6.07) is 18.2. The molecule has 0 spiro atoms. The highest BCUT2D eigenvalue weighted by molar-refractivity contribution is 5.94. The Morgan fingerprint density at radius 3 is 2.67 bits per heavy atom. The molecule has 1 saturated heterocycles. The van der Waals surface area contributed by atoms with E-state index in [9.17, 15) is 4.79 Å². The molecule has 4 unspecified atom stereocenters. The molecule has 2 aromatic carbocycles. The Morgan fingerprint density at radius 2 is 1.94 bits per heavy atom. The molecule has 2 aromatic rings. The fourth-order valence-electron chi connectivity index (χ4n) is 6.25. The lowest BCUT2D eigenvalue weighted by molar-refractivity contribution is -0.0678. The van der Waals surface area contributed by atoms with Crippen molar-refractivity contribution in [1.82, 2.24) is 10.2 Å². The van der Waals surface area contributed by atoms with Gasteiger partial charge in [0, 0.05) is 43.1 Å². The van der Waals surface area contributed by atoms with Crippen LogP contribution in [0.15, 0.2) is 54.6 Å². The molecule has 5 rings (SSSR count). The Kier molecular flexibility index (Phi) is 6.44. The van der Waals surface area contributed by atoms with Crippen molar-refractivity contribution in [3.8, 4) is 5.75 Å². The van der Waals surface area contributed by atoms with Gasteiger partial charge in [-0.1, -0.05) is 30.3 Å². The molecule has 33 heavy (non-hydrogen) atoms. The lowest BCUT2D eigenvalue weighted by atomic mass is 9.57. The molecule has 0 aromatic heterocycles. The van der Waals surface area contributed by atoms with E-state index in [-0.39, 0.29) is 23.5 Å². The molecule has 1 N–H and O–H groups in total. The van der Waals surface area contributed by atoms with E-state index in [1.165, 1.54) is 24.9 Å². The summed E-state index contributed by atoms with van der Waals surface area (Å²) in [5.41, 5.74) is 1.99. The molecule has 1 amide bonds. The highest BCUT2D eigenvalue weighted by atomic mass is 16.5. The number of rotatable bonds is 7. The summed E-state index contributed by atoms with van der Waals surface area (Å²) >= 11 is 0. The van der Waals surface area contributed by atoms with Gasteiger partial charge in [0.1, 0.15) is 5.75 Å². The number of hydrogen-bond acceptors (Lipinski definition) is 4. The lowest BCUT2D eigenvalue weighted by Gasteiger charge is -2.55. The average Bonchev–Trinajstić information content (AvgIpc) is 3.68. The van der Waals surface area contributed by atoms with Gasteiger partial charge in [0.05, 0.1) is 13.2 Å². The highest BCUT2D eigenvalue weighted by Crippen LogP contribution is 2.51. The van der Waals surface area contributed by atoms with E-state index in [1.54, 1.807) is 7.11 Å². The number of nitrogens with zero attached hydrogens (tertiary/aromatic N) is 1. The predicted octanol–water partition coefficient (Wildman–Crippen LogP) is 4.27. The molecular formula is C28H36N2O3.